The van der Waals surface area contributed by atoms with Gasteiger partial charge in [-0.05, 0) is 38.3 Å². The summed E-state index contributed by atoms with van der Waals surface area (Å²) in [5.41, 5.74) is -2.63. The Morgan fingerprint density at radius 1 is 0.860 bits per heavy atom. The third-order valence-electron chi connectivity index (χ3n) is 7.93. The van der Waals surface area contributed by atoms with Crippen molar-refractivity contribution in [3.63, 3.8) is 0 Å². The number of carboxylic acid groups (broad SMARTS) is 1. The molecule has 0 fully saturated rings. The van der Waals surface area contributed by atoms with E-state index in [9.17, 15) is 19.5 Å². The topological polar surface area (TPSA) is 89.9 Å². The van der Waals surface area contributed by atoms with Crippen LogP contribution in [0.15, 0.2) is 48.1 Å². The van der Waals surface area contributed by atoms with Gasteiger partial charge >= 0.3 is 17.9 Å². The second-order valence-electron chi connectivity index (χ2n) is 11.6. The first kappa shape index (κ1) is 36.2. The Morgan fingerprint density at radius 2 is 1.42 bits per heavy atom. The number of hydrogen-bond acceptors (Lipinski definition) is 5. The van der Waals surface area contributed by atoms with Gasteiger partial charge in [0, 0.05) is 12.0 Å². The molecular formula is C35H50F2O6. The fraction of sp³-hybridized carbons (Fsp3) is 0.629. The van der Waals surface area contributed by atoms with Crippen LogP contribution >= 0.6 is 0 Å². The molecular weight excluding hydrogens is 554 g/mol. The maximum atomic E-state index is 15.9. The van der Waals surface area contributed by atoms with Crippen LogP contribution in [0, 0.1) is 5.92 Å². The number of unbranched alkanes of at least 4 members (excludes halogenated alkanes) is 12. The number of halogens is 2. The van der Waals surface area contributed by atoms with E-state index in [4.69, 9.17) is 9.47 Å². The average molecular weight is 605 g/mol. The summed E-state index contributed by atoms with van der Waals surface area (Å²) in [4.78, 5) is 37.9. The first-order chi connectivity index (χ1) is 20.7. The smallest absolute Gasteiger partial charge is 0.338 e. The summed E-state index contributed by atoms with van der Waals surface area (Å²) in [6.07, 6.45) is 16.8. The maximum absolute atomic E-state index is 15.9. The minimum Gasteiger partial charge on any atom is -0.480 e. The van der Waals surface area contributed by atoms with Crippen molar-refractivity contribution in [3.8, 4) is 0 Å². The molecule has 3 atom stereocenters. The number of carbonyl (C=O) groups is 3. The zero-order valence-electron chi connectivity index (χ0n) is 26.2. The van der Waals surface area contributed by atoms with Crippen LogP contribution in [0.1, 0.15) is 139 Å². The van der Waals surface area contributed by atoms with E-state index in [1.165, 1.54) is 50.3 Å². The quantitative estimate of drug-likeness (QED) is 0.0854. The molecule has 1 aliphatic rings. The number of hydrogen-bond donors (Lipinski definition) is 1. The van der Waals surface area contributed by atoms with E-state index in [1.807, 2.05) is 0 Å². The number of benzene rings is 1. The summed E-state index contributed by atoms with van der Waals surface area (Å²) in [6, 6.07) is 5.85. The van der Waals surface area contributed by atoms with Crippen LogP contribution in [0.2, 0.25) is 0 Å². The Bertz CT molecular complexity index is 1100. The van der Waals surface area contributed by atoms with Crippen molar-refractivity contribution < 1.29 is 37.7 Å². The van der Waals surface area contributed by atoms with E-state index in [1.54, 1.807) is 13.0 Å². The Labute approximate surface area is 255 Å². The zero-order chi connectivity index (χ0) is 31.7. The van der Waals surface area contributed by atoms with Crippen molar-refractivity contribution in [1.82, 2.24) is 0 Å². The molecule has 240 valence electrons. The van der Waals surface area contributed by atoms with E-state index in [0.29, 0.717) is 12.8 Å². The third-order valence-corrected chi connectivity index (χ3v) is 7.93. The minimum atomic E-state index is -2.43. The predicted molar refractivity (Wildman–Crippen MR) is 164 cm³/mol. The first-order valence-electron chi connectivity index (χ1n) is 16.2. The highest BCUT2D eigenvalue weighted by Crippen LogP contribution is 2.45. The Balaban J connectivity index is 2.21. The van der Waals surface area contributed by atoms with Crippen LogP contribution < -0.4 is 0 Å². The summed E-state index contributed by atoms with van der Waals surface area (Å²) in [6.45, 7) is 6.10. The lowest BCUT2D eigenvalue weighted by Gasteiger charge is -2.34. The van der Waals surface area contributed by atoms with Crippen LogP contribution in [-0.2, 0) is 24.7 Å². The number of esters is 2. The molecule has 8 heteroatoms. The molecule has 0 spiro atoms. The van der Waals surface area contributed by atoms with Crippen LogP contribution in [0.4, 0.5) is 8.78 Å². The summed E-state index contributed by atoms with van der Waals surface area (Å²) < 4.78 is 42.4. The van der Waals surface area contributed by atoms with Crippen LogP contribution in [0.3, 0.4) is 0 Å². The predicted octanol–water partition coefficient (Wildman–Crippen LogP) is 9.67. The minimum absolute atomic E-state index is 0.0241. The van der Waals surface area contributed by atoms with E-state index >= 15 is 8.78 Å². The first-order valence-corrected chi connectivity index (χ1v) is 16.2. The molecule has 1 N–H and O–H groups in total. The molecule has 0 bridgehead atoms. The lowest BCUT2D eigenvalue weighted by atomic mass is 9.82. The van der Waals surface area contributed by atoms with E-state index < -0.39 is 47.2 Å². The molecule has 43 heavy (non-hydrogen) atoms. The standard InChI is InChI=1S/C35H50F2O6/c1-4-6-8-10-12-13-15-17-23-30(38)43-35(25-24-28(33(39)40)31(36)32(35)37)29-22-19-18-21-27(29)34(41)42-26(3)20-16-14-11-9-7-5-2/h18-19,21-22,24-26,28H,4-17,20,23H2,1-3H3,(H,39,40). The molecule has 0 radical (unpaired) electrons. The fourth-order valence-corrected chi connectivity index (χ4v) is 5.37. The molecule has 0 saturated heterocycles. The highest BCUT2D eigenvalue weighted by atomic mass is 19.2. The van der Waals surface area contributed by atoms with Crippen molar-refractivity contribution in [2.24, 2.45) is 5.92 Å². The Kier molecular flexibility index (Phi) is 16.2. The largest absolute Gasteiger partial charge is 0.480 e. The molecule has 0 saturated carbocycles. The molecule has 1 aliphatic carbocycles. The Hall–Kier alpha value is -3.03. The molecule has 0 heterocycles. The van der Waals surface area contributed by atoms with Crippen molar-refractivity contribution in [1.29, 1.82) is 0 Å². The van der Waals surface area contributed by atoms with Crippen molar-refractivity contribution in [2.45, 2.75) is 135 Å². The highest BCUT2D eigenvalue weighted by Gasteiger charge is 2.48. The number of aliphatic carboxylic acids is 1. The van der Waals surface area contributed by atoms with Crippen LogP contribution in [-0.4, -0.2) is 29.1 Å². The highest BCUT2D eigenvalue weighted by molar-refractivity contribution is 5.92. The fourth-order valence-electron chi connectivity index (χ4n) is 5.37. The van der Waals surface area contributed by atoms with Gasteiger partial charge in [-0.15, -0.1) is 0 Å². The van der Waals surface area contributed by atoms with Crippen molar-refractivity contribution in [3.05, 3.63) is 59.2 Å². The molecule has 3 unspecified atom stereocenters. The van der Waals surface area contributed by atoms with Crippen molar-refractivity contribution in [2.75, 3.05) is 0 Å². The third kappa shape index (κ3) is 11.2. The Morgan fingerprint density at radius 3 is 2.02 bits per heavy atom. The second-order valence-corrected chi connectivity index (χ2v) is 11.6. The van der Waals surface area contributed by atoms with Crippen LogP contribution in [0.5, 0.6) is 0 Å². The van der Waals surface area contributed by atoms with Gasteiger partial charge in [0.25, 0.3) is 0 Å². The SMILES string of the molecule is CCCCCCCCCCC(=O)OC1(c2ccccc2C(=O)OC(C)CCCCCCCC)C=CC(C(=O)O)C(F)=C1F. The molecule has 1 aromatic carbocycles. The van der Waals surface area contributed by atoms with E-state index in [0.717, 1.165) is 63.5 Å². The second kappa shape index (κ2) is 19.3. The molecule has 6 nitrogen and oxygen atoms in total. The number of carbonyl (C=O) groups excluding carboxylic acids is 2. The average Bonchev–Trinajstić information content (AvgIpc) is 2.98. The normalized spacial score (nSPS) is 18.9. The number of rotatable bonds is 21. The molecule has 0 aromatic heterocycles. The molecule has 2 rings (SSSR count). The van der Waals surface area contributed by atoms with Gasteiger partial charge < -0.3 is 14.6 Å². The summed E-state index contributed by atoms with van der Waals surface area (Å²) >= 11 is 0. The van der Waals surface area contributed by atoms with Gasteiger partial charge in [0.1, 0.15) is 5.92 Å². The lowest BCUT2D eigenvalue weighted by molar-refractivity contribution is -0.155. The van der Waals surface area contributed by atoms with Gasteiger partial charge in [-0.2, -0.15) is 0 Å². The summed E-state index contributed by atoms with van der Waals surface area (Å²) in [7, 11) is 0. The van der Waals surface area contributed by atoms with Gasteiger partial charge in [0.05, 0.1) is 11.7 Å². The van der Waals surface area contributed by atoms with Gasteiger partial charge in [-0.3, -0.25) is 9.59 Å². The van der Waals surface area contributed by atoms with Gasteiger partial charge in [-0.25, -0.2) is 13.6 Å². The van der Waals surface area contributed by atoms with Gasteiger partial charge in [-0.1, -0.05) is 115 Å². The molecule has 0 amide bonds. The van der Waals surface area contributed by atoms with Crippen LogP contribution in [0.25, 0.3) is 0 Å². The lowest BCUT2D eigenvalue weighted by Crippen LogP contribution is -2.37. The molecule has 0 aliphatic heterocycles. The number of carboxylic acids is 1. The van der Waals surface area contributed by atoms with Gasteiger partial charge in [0.15, 0.2) is 11.7 Å². The van der Waals surface area contributed by atoms with E-state index in [2.05, 4.69) is 13.8 Å². The van der Waals surface area contributed by atoms with Crippen molar-refractivity contribution >= 4 is 17.9 Å². The summed E-state index contributed by atoms with van der Waals surface area (Å²) in [5, 5.41) is 9.38. The number of ether oxygens (including phenoxy) is 2. The zero-order valence-corrected chi connectivity index (χ0v) is 26.2. The van der Waals surface area contributed by atoms with Gasteiger partial charge in [0.2, 0.25) is 5.60 Å². The monoisotopic (exact) mass is 604 g/mol. The van der Waals surface area contributed by atoms with E-state index in [-0.39, 0.29) is 17.5 Å². The molecule has 1 aromatic rings. The summed E-state index contributed by atoms with van der Waals surface area (Å²) in [5.74, 6) is -8.11. The maximum Gasteiger partial charge on any atom is 0.338 e.